The van der Waals surface area contributed by atoms with Crippen molar-refractivity contribution >= 4 is 0 Å². The second-order valence-corrected chi connectivity index (χ2v) is 5.23. The monoisotopic (exact) mass is 289 g/mol. The van der Waals surface area contributed by atoms with Gasteiger partial charge in [0.05, 0.1) is 0 Å². The molecule has 1 N–H and O–H groups in total. The van der Waals surface area contributed by atoms with E-state index in [0.29, 0.717) is 5.56 Å². The van der Waals surface area contributed by atoms with Gasteiger partial charge in [-0.1, -0.05) is 37.3 Å². The summed E-state index contributed by atoms with van der Waals surface area (Å²) in [6.45, 7) is 2.91. The van der Waals surface area contributed by atoms with Crippen LogP contribution in [0.5, 0.6) is 0 Å². The molecule has 3 heteroatoms. The largest absolute Gasteiger partial charge is 0.310 e. The van der Waals surface area contributed by atoms with Crippen LogP contribution in [-0.2, 0) is 6.42 Å². The van der Waals surface area contributed by atoms with Crippen molar-refractivity contribution in [2.75, 3.05) is 6.54 Å². The summed E-state index contributed by atoms with van der Waals surface area (Å²) < 4.78 is 26.8. The molecule has 0 bridgehead atoms. The van der Waals surface area contributed by atoms with Crippen LogP contribution in [0.25, 0.3) is 0 Å². The Morgan fingerprint density at radius 3 is 2.29 bits per heavy atom. The van der Waals surface area contributed by atoms with Crippen molar-refractivity contribution in [3.63, 3.8) is 0 Å². The van der Waals surface area contributed by atoms with E-state index in [1.807, 2.05) is 18.2 Å². The van der Waals surface area contributed by atoms with E-state index in [1.165, 1.54) is 17.7 Å². The van der Waals surface area contributed by atoms with Crippen LogP contribution in [0.3, 0.4) is 0 Å². The lowest BCUT2D eigenvalue weighted by Gasteiger charge is -2.19. The maximum atomic E-state index is 13.4. The Morgan fingerprint density at radius 2 is 1.67 bits per heavy atom. The molecule has 21 heavy (non-hydrogen) atoms. The number of hydrogen-bond donors (Lipinski definition) is 1. The number of benzene rings is 2. The van der Waals surface area contributed by atoms with Crippen LogP contribution in [0.4, 0.5) is 8.78 Å². The van der Waals surface area contributed by atoms with Crippen LogP contribution < -0.4 is 5.32 Å². The van der Waals surface area contributed by atoms with Crippen LogP contribution in [0.1, 0.15) is 36.9 Å². The van der Waals surface area contributed by atoms with Gasteiger partial charge in [0.15, 0.2) is 0 Å². The second-order valence-electron chi connectivity index (χ2n) is 5.23. The molecule has 0 aromatic heterocycles. The summed E-state index contributed by atoms with van der Waals surface area (Å²) in [7, 11) is 0. The normalized spacial score (nSPS) is 12.3. The van der Waals surface area contributed by atoms with Crippen molar-refractivity contribution in [3.8, 4) is 0 Å². The van der Waals surface area contributed by atoms with E-state index < -0.39 is 11.6 Å². The first-order valence-corrected chi connectivity index (χ1v) is 7.42. The Hall–Kier alpha value is -1.74. The highest BCUT2D eigenvalue weighted by Crippen LogP contribution is 2.21. The van der Waals surface area contributed by atoms with Crippen molar-refractivity contribution in [2.45, 2.75) is 32.2 Å². The fourth-order valence-corrected chi connectivity index (χ4v) is 2.44. The first-order valence-electron chi connectivity index (χ1n) is 7.42. The average Bonchev–Trinajstić information content (AvgIpc) is 2.47. The Morgan fingerprint density at radius 1 is 1.00 bits per heavy atom. The summed E-state index contributed by atoms with van der Waals surface area (Å²) in [5, 5.41) is 3.38. The van der Waals surface area contributed by atoms with E-state index in [9.17, 15) is 8.78 Å². The zero-order valence-electron chi connectivity index (χ0n) is 12.3. The van der Waals surface area contributed by atoms with Crippen molar-refractivity contribution in [2.24, 2.45) is 0 Å². The van der Waals surface area contributed by atoms with Crippen molar-refractivity contribution < 1.29 is 8.78 Å². The highest BCUT2D eigenvalue weighted by molar-refractivity contribution is 5.22. The van der Waals surface area contributed by atoms with Gasteiger partial charge in [0, 0.05) is 12.1 Å². The molecule has 0 spiro atoms. The third kappa shape index (κ3) is 4.94. The van der Waals surface area contributed by atoms with Gasteiger partial charge in [0.1, 0.15) is 11.6 Å². The van der Waals surface area contributed by atoms with E-state index in [0.717, 1.165) is 31.9 Å². The van der Waals surface area contributed by atoms with E-state index in [1.54, 1.807) is 0 Å². The van der Waals surface area contributed by atoms with Gasteiger partial charge in [0.25, 0.3) is 0 Å². The van der Waals surface area contributed by atoms with Gasteiger partial charge in [-0.2, -0.15) is 0 Å². The van der Waals surface area contributed by atoms with Gasteiger partial charge in [-0.15, -0.1) is 0 Å². The van der Waals surface area contributed by atoms with Gasteiger partial charge in [-0.3, -0.25) is 0 Å². The molecule has 0 saturated carbocycles. The van der Waals surface area contributed by atoms with E-state index in [2.05, 4.69) is 24.4 Å². The lowest BCUT2D eigenvalue weighted by Crippen LogP contribution is -2.23. The first-order chi connectivity index (χ1) is 10.2. The quantitative estimate of drug-likeness (QED) is 0.783. The smallest absolute Gasteiger partial charge is 0.126 e. The average molecular weight is 289 g/mol. The lowest BCUT2D eigenvalue weighted by atomic mass is 9.98. The number of rotatable bonds is 7. The van der Waals surface area contributed by atoms with Gasteiger partial charge in [-0.05, 0) is 49.1 Å². The Kier molecular flexibility index (Phi) is 5.88. The standard InChI is InChI=1S/C18H21F2N/c1-2-10-21-18(9-8-14-6-4-3-5-7-14)15-11-16(19)13-17(20)12-15/h3-7,11-13,18,21H,2,8-10H2,1H3. The molecule has 0 aliphatic carbocycles. The molecule has 0 fully saturated rings. The molecule has 0 radical (unpaired) electrons. The molecule has 2 rings (SSSR count). The van der Waals surface area contributed by atoms with Crippen LogP contribution in [0.15, 0.2) is 48.5 Å². The molecule has 2 aromatic rings. The summed E-state index contributed by atoms with van der Waals surface area (Å²) >= 11 is 0. The fourth-order valence-electron chi connectivity index (χ4n) is 2.44. The Balaban J connectivity index is 2.10. The molecular formula is C18H21F2N. The molecule has 112 valence electrons. The molecule has 0 heterocycles. The molecule has 1 atom stereocenters. The minimum Gasteiger partial charge on any atom is -0.310 e. The minimum absolute atomic E-state index is 0.0321. The van der Waals surface area contributed by atoms with Crippen molar-refractivity contribution in [1.82, 2.24) is 5.32 Å². The molecule has 0 aliphatic heterocycles. The van der Waals surface area contributed by atoms with Gasteiger partial charge in [0.2, 0.25) is 0 Å². The highest BCUT2D eigenvalue weighted by Gasteiger charge is 2.13. The van der Waals surface area contributed by atoms with Crippen LogP contribution >= 0.6 is 0 Å². The number of aryl methyl sites for hydroxylation is 1. The molecular weight excluding hydrogens is 268 g/mol. The van der Waals surface area contributed by atoms with E-state index in [-0.39, 0.29) is 6.04 Å². The molecule has 0 amide bonds. The van der Waals surface area contributed by atoms with Crippen molar-refractivity contribution in [1.29, 1.82) is 0 Å². The Labute approximate surface area is 125 Å². The molecule has 2 aromatic carbocycles. The number of nitrogens with one attached hydrogen (secondary N) is 1. The molecule has 0 aliphatic rings. The van der Waals surface area contributed by atoms with E-state index in [4.69, 9.17) is 0 Å². The summed E-state index contributed by atoms with van der Waals surface area (Å²) in [6, 6.07) is 13.9. The van der Waals surface area contributed by atoms with Crippen molar-refractivity contribution in [3.05, 3.63) is 71.3 Å². The van der Waals surface area contributed by atoms with Gasteiger partial charge in [-0.25, -0.2) is 8.78 Å². The van der Waals surface area contributed by atoms with Gasteiger partial charge >= 0.3 is 0 Å². The van der Waals surface area contributed by atoms with Crippen LogP contribution in [-0.4, -0.2) is 6.54 Å². The fraction of sp³-hybridized carbons (Fsp3) is 0.333. The SMILES string of the molecule is CCCNC(CCc1ccccc1)c1cc(F)cc(F)c1. The third-order valence-electron chi connectivity index (χ3n) is 3.49. The first kappa shape index (κ1) is 15.6. The second kappa shape index (κ2) is 7.89. The highest BCUT2D eigenvalue weighted by atomic mass is 19.1. The predicted octanol–water partition coefficient (Wildman–Crippen LogP) is 4.64. The Bertz CT molecular complexity index is 534. The summed E-state index contributed by atoms with van der Waals surface area (Å²) in [6.07, 6.45) is 2.67. The number of hydrogen-bond acceptors (Lipinski definition) is 1. The maximum Gasteiger partial charge on any atom is 0.126 e. The topological polar surface area (TPSA) is 12.0 Å². The maximum absolute atomic E-state index is 13.4. The van der Waals surface area contributed by atoms with Crippen LogP contribution in [0.2, 0.25) is 0 Å². The minimum atomic E-state index is -0.520. The molecule has 0 saturated heterocycles. The van der Waals surface area contributed by atoms with Gasteiger partial charge < -0.3 is 5.32 Å². The lowest BCUT2D eigenvalue weighted by molar-refractivity contribution is 0.490. The summed E-state index contributed by atoms with van der Waals surface area (Å²) in [4.78, 5) is 0. The summed E-state index contributed by atoms with van der Waals surface area (Å²) in [5.74, 6) is -1.04. The zero-order chi connectivity index (χ0) is 15.1. The predicted molar refractivity (Wildman–Crippen MR) is 82.2 cm³/mol. The molecule has 1 unspecified atom stereocenters. The van der Waals surface area contributed by atoms with E-state index >= 15 is 0 Å². The summed E-state index contributed by atoms with van der Waals surface area (Å²) in [5.41, 5.74) is 1.91. The zero-order valence-corrected chi connectivity index (χ0v) is 12.3. The molecule has 1 nitrogen and oxygen atoms in total. The van der Waals surface area contributed by atoms with Crippen LogP contribution in [0, 0.1) is 11.6 Å². The number of halogens is 2. The third-order valence-corrected chi connectivity index (χ3v) is 3.49.